The first kappa shape index (κ1) is 12.8. The van der Waals surface area contributed by atoms with E-state index < -0.39 is 0 Å². The Bertz CT molecular complexity index is 419. The third-order valence-corrected chi connectivity index (χ3v) is 3.11. The number of benzene rings is 1. The van der Waals surface area contributed by atoms with Crippen LogP contribution in [0.3, 0.4) is 0 Å². The van der Waals surface area contributed by atoms with Crippen LogP contribution in [-0.4, -0.2) is 50.6 Å². The molecule has 1 N–H and O–H groups in total. The predicted octanol–water partition coefficient (Wildman–Crippen LogP) is 0.692. The van der Waals surface area contributed by atoms with E-state index in [2.05, 4.69) is 10.2 Å². The third kappa shape index (κ3) is 2.79. The quantitative estimate of drug-likeness (QED) is 0.840. The number of carbonyl (C=O) groups is 1. The van der Waals surface area contributed by atoms with Gasteiger partial charge in [-0.3, -0.25) is 4.79 Å². The molecule has 1 aromatic rings. The summed E-state index contributed by atoms with van der Waals surface area (Å²) in [5.41, 5.74) is 0.953. The van der Waals surface area contributed by atoms with Gasteiger partial charge in [-0.1, -0.05) is 0 Å². The molecule has 1 aliphatic rings. The molecular weight excluding hydrogens is 233 g/mol. The molecule has 98 valence electrons. The second-order valence-electron chi connectivity index (χ2n) is 4.66. The van der Waals surface area contributed by atoms with Gasteiger partial charge in [0.05, 0.1) is 0 Å². The lowest BCUT2D eigenvalue weighted by molar-refractivity contribution is -0.130. The van der Waals surface area contributed by atoms with Gasteiger partial charge in [0.15, 0.2) is 0 Å². The molecule has 1 atom stereocenters. The lowest BCUT2D eigenvalue weighted by atomic mass is 10.1. The molecule has 0 unspecified atom stereocenters. The Balaban J connectivity index is 2.07. The van der Waals surface area contributed by atoms with Gasteiger partial charge in [-0.25, -0.2) is 4.39 Å². The predicted molar refractivity (Wildman–Crippen MR) is 69.1 cm³/mol. The van der Waals surface area contributed by atoms with Crippen LogP contribution >= 0.6 is 0 Å². The first-order valence-corrected chi connectivity index (χ1v) is 6.03. The Morgan fingerprint density at radius 1 is 1.39 bits per heavy atom. The summed E-state index contributed by atoms with van der Waals surface area (Å²) < 4.78 is 12.9. The van der Waals surface area contributed by atoms with E-state index in [0.717, 1.165) is 18.8 Å². The van der Waals surface area contributed by atoms with Gasteiger partial charge in [0, 0.05) is 39.4 Å². The van der Waals surface area contributed by atoms with Gasteiger partial charge in [-0.15, -0.1) is 0 Å². The molecule has 2 rings (SSSR count). The standard InChI is InChI=1S/C13H18FN3O/c1-16(2)13(18)12-9-17(8-7-15-12)11-5-3-10(14)4-6-11/h3-6,12,15H,7-9H2,1-2H3/t12-/m0/s1. The highest BCUT2D eigenvalue weighted by Gasteiger charge is 2.26. The summed E-state index contributed by atoms with van der Waals surface area (Å²) in [5, 5.41) is 3.20. The number of amides is 1. The van der Waals surface area contributed by atoms with Crippen LogP contribution in [0, 0.1) is 5.82 Å². The van der Waals surface area contributed by atoms with Crippen LogP contribution in [0.1, 0.15) is 0 Å². The van der Waals surface area contributed by atoms with Crippen molar-refractivity contribution in [1.29, 1.82) is 0 Å². The van der Waals surface area contributed by atoms with Crippen molar-refractivity contribution in [2.45, 2.75) is 6.04 Å². The first-order valence-electron chi connectivity index (χ1n) is 6.03. The van der Waals surface area contributed by atoms with Crippen molar-refractivity contribution in [2.24, 2.45) is 0 Å². The molecular formula is C13H18FN3O. The van der Waals surface area contributed by atoms with Crippen LogP contribution < -0.4 is 10.2 Å². The lowest BCUT2D eigenvalue weighted by Gasteiger charge is -2.35. The largest absolute Gasteiger partial charge is 0.368 e. The highest BCUT2D eigenvalue weighted by Crippen LogP contribution is 2.16. The maximum absolute atomic E-state index is 12.9. The smallest absolute Gasteiger partial charge is 0.241 e. The number of nitrogens with one attached hydrogen (secondary N) is 1. The molecule has 0 aliphatic carbocycles. The van der Waals surface area contributed by atoms with E-state index in [9.17, 15) is 9.18 Å². The summed E-state index contributed by atoms with van der Waals surface area (Å²) in [6.07, 6.45) is 0. The molecule has 5 heteroatoms. The monoisotopic (exact) mass is 251 g/mol. The minimum atomic E-state index is -0.241. The van der Waals surface area contributed by atoms with Gasteiger partial charge in [-0.05, 0) is 24.3 Å². The van der Waals surface area contributed by atoms with E-state index in [0.29, 0.717) is 6.54 Å². The zero-order chi connectivity index (χ0) is 13.1. The van der Waals surface area contributed by atoms with Crippen molar-refractivity contribution in [3.05, 3.63) is 30.1 Å². The zero-order valence-electron chi connectivity index (χ0n) is 10.7. The van der Waals surface area contributed by atoms with Gasteiger partial charge in [0.25, 0.3) is 0 Å². The van der Waals surface area contributed by atoms with Crippen LogP contribution in [0.5, 0.6) is 0 Å². The molecule has 0 bridgehead atoms. The van der Waals surface area contributed by atoms with Crippen molar-refractivity contribution in [2.75, 3.05) is 38.6 Å². The average molecular weight is 251 g/mol. The number of hydrogen-bond donors (Lipinski definition) is 1. The Kier molecular flexibility index (Phi) is 3.81. The molecule has 1 heterocycles. The van der Waals surface area contributed by atoms with Crippen LogP contribution in [0.15, 0.2) is 24.3 Å². The van der Waals surface area contributed by atoms with Crippen LogP contribution in [0.2, 0.25) is 0 Å². The van der Waals surface area contributed by atoms with Gasteiger partial charge < -0.3 is 15.1 Å². The molecule has 1 fully saturated rings. The summed E-state index contributed by atoms with van der Waals surface area (Å²) in [6.45, 7) is 2.19. The van der Waals surface area contributed by atoms with Gasteiger partial charge in [0.2, 0.25) is 5.91 Å². The van der Waals surface area contributed by atoms with Crippen LogP contribution in [0.25, 0.3) is 0 Å². The zero-order valence-corrected chi connectivity index (χ0v) is 10.7. The number of carbonyl (C=O) groups excluding carboxylic acids is 1. The maximum atomic E-state index is 12.9. The molecule has 1 aromatic carbocycles. The molecule has 0 saturated carbocycles. The third-order valence-electron chi connectivity index (χ3n) is 3.11. The summed E-state index contributed by atoms with van der Waals surface area (Å²) in [4.78, 5) is 15.6. The fraction of sp³-hybridized carbons (Fsp3) is 0.462. The Morgan fingerprint density at radius 2 is 2.06 bits per heavy atom. The van der Waals surface area contributed by atoms with Gasteiger partial charge in [-0.2, -0.15) is 0 Å². The minimum Gasteiger partial charge on any atom is -0.368 e. The van der Waals surface area contributed by atoms with Crippen molar-refractivity contribution >= 4 is 11.6 Å². The summed E-state index contributed by atoms with van der Waals surface area (Å²) in [6, 6.07) is 6.19. The average Bonchev–Trinajstić information content (AvgIpc) is 2.38. The van der Waals surface area contributed by atoms with Crippen LogP contribution in [-0.2, 0) is 4.79 Å². The lowest BCUT2D eigenvalue weighted by Crippen LogP contribution is -2.57. The van der Waals surface area contributed by atoms with Crippen molar-refractivity contribution in [3.8, 4) is 0 Å². The fourth-order valence-corrected chi connectivity index (χ4v) is 2.11. The normalized spacial score (nSPS) is 19.7. The minimum absolute atomic E-state index is 0.0711. The summed E-state index contributed by atoms with van der Waals surface area (Å²) >= 11 is 0. The molecule has 1 amide bonds. The SMILES string of the molecule is CN(C)C(=O)[C@@H]1CN(c2ccc(F)cc2)CCN1. The number of nitrogens with zero attached hydrogens (tertiary/aromatic N) is 2. The Labute approximate surface area is 106 Å². The van der Waals surface area contributed by atoms with Crippen molar-refractivity contribution < 1.29 is 9.18 Å². The first-order chi connectivity index (χ1) is 8.58. The second kappa shape index (κ2) is 5.35. The molecule has 4 nitrogen and oxygen atoms in total. The Morgan fingerprint density at radius 3 is 2.67 bits per heavy atom. The molecule has 1 aliphatic heterocycles. The summed E-state index contributed by atoms with van der Waals surface area (Å²) in [7, 11) is 3.50. The number of likely N-dealkylation sites (N-methyl/N-ethyl adjacent to an activating group) is 1. The Hall–Kier alpha value is -1.62. The topological polar surface area (TPSA) is 35.6 Å². The maximum Gasteiger partial charge on any atom is 0.241 e. The second-order valence-corrected chi connectivity index (χ2v) is 4.66. The van der Waals surface area contributed by atoms with Gasteiger partial charge >= 0.3 is 0 Å². The molecule has 18 heavy (non-hydrogen) atoms. The highest BCUT2D eigenvalue weighted by molar-refractivity contribution is 5.82. The number of piperazine rings is 1. The van der Waals surface area contributed by atoms with Crippen molar-refractivity contribution in [3.63, 3.8) is 0 Å². The number of halogens is 1. The molecule has 0 spiro atoms. The van der Waals surface area contributed by atoms with E-state index in [1.807, 2.05) is 0 Å². The number of anilines is 1. The molecule has 0 aromatic heterocycles. The molecule has 1 saturated heterocycles. The molecule has 0 radical (unpaired) electrons. The summed E-state index contributed by atoms with van der Waals surface area (Å²) in [5.74, 6) is -0.170. The number of rotatable bonds is 2. The van der Waals surface area contributed by atoms with E-state index >= 15 is 0 Å². The van der Waals surface area contributed by atoms with E-state index in [1.54, 1.807) is 31.1 Å². The number of hydrogen-bond acceptors (Lipinski definition) is 3. The fourth-order valence-electron chi connectivity index (χ4n) is 2.11. The van der Waals surface area contributed by atoms with E-state index in [-0.39, 0.29) is 17.8 Å². The van der Waals surface area contributed by atoms with E-state index in [1.165, 1.54) is 12.1 Å². The highest BCUT2D eigenvalue weighted by atomic mass is 19.1. The van der Waals surface area contributed by atoms with E-state index in [4.69, 9.17) is 0 Å². The van der Waals surface area contributed by atoms with Gasteiger partial charge in [0.1, 0.15) is 11.9 Å². The van der Waals surface area contributed by atoms with Crippen LogP contribution in [0.4, 0.5) is 10.1 Å². The van der Waals surface area contributed by atoms with Crippen molar-refractivity contribution in [1.82, 2.24) is 10.2 Å².